The lowest BCUT2D eigenvalue weighted by Gasteiger charge is -2.00. The predicted octanol–water partition coefficient (Wildman–Crippen LogP) is 3.28. The summed E-state index contributed by atoms with van der Waals surface area (Å²) in [5, 5.41) is 13.1. The number of nitro groups is 1. The van der Waals surface area contributed by atoms with Crippen molar-refractivity contribution in [2.45, 2.75) is 0 Å². The number of esters is 1. The van der Waals surface area contributed by atoms with E-state index >= 15 is 0 Å². The smallest absolute Gasteiger partial charge is 0.336 e. The van der Waals surface area contributed by atoms with Gasteiger partial charge in [0, 0.05) is 23.6 Å². The molecule has 0 aliphatic carbocycles. The fourth-order valence-corrected chi connectivity index (χ4v) is 2.17. The fourth-order valence-electron chi connectivity index (χ4n) is 1.48. The van der Waals surface area contributed by atoms with Crippen LogP contribution >= 0.6 is 11.3 Å². The zero-order chi connectivity index (χ0) is 15.2. The Balaban J connectivity index is 1.96. The first-order valence-corrected chi connectivity index (χ1v) is 6.73. The van der Waals surface area contributed by atoms with E-state index in [-0.39, 0.29) is 11.4 Å². The van der Waals surface area contributed by atoms with Crippen molar-refractivity contribution in [2.24, 2.45) is 0 Å². The molecule has 7 heteroatoms. The predicted molar refractivity (Wildman–Crippen MR) is 78.6 cm³/mol. The number of methoxy groups -OCH3 is 1. The van der Waals surface area contributed by atoms with Gasteiger partial charge in [-0.2, -0.15) is 0 Å². The second-order valence-electron chi connectivity index (χ2n) is 3.91. The molecule has 0 fully saturated rings. The van der Waals surface area contributed by atoms with Crippen LogP contribution in [0.3, 0.4) is 0 Å². The third-order valence-corrected chi connectivity index (χ3v) is 3.38. The molecule has 2 aromatic rings. The van der Waals surface area contributed by atoms with Gasteiger partial charge in [-0.25, -0.2) is 4.79 Å². The van der Waals surface area contributed by atoms with Crippen LogP contribution < -0.4 is 9.47 Å². The molecule has 0 aliphatic rings. The van der Waals surface area contributed by atoms with E-state index in [2.05, 4.69) is 0 Å². The van der Waals surface area contributed by atoms with Gasteiger partial charge in [0.2, 0.25) is 0 Å². The number of ether oxygens (including phenoxy) is 2. The lowest BCUT2D eigenvalue weighted by molar-refractivity contribution is -0.384. The number of non-ortho nitro benzene ring substituents is 1. The van der Waals surface area contributed by atoms with Crippen LogP contribution in [0.4, 0.5) is 5.69 Å². The second kappa shape index (κ2) is 6.67. The van der Waals surface area contributed by atoms with Crippen LogP contribution in [0.1, 0.15) is 5.56 Å². The Bertz CT molecular complexity index is 675. The molecule has 0 spiro atoms. The second-order valence-corrected chi connectivity index (χ2v) is 4.78. The van der Waals surface area contributed by atoms with Crippen molar-refractivity contribution in [3.8, 4) is 10.8 Å². The van der Waals surface area contributed by atoms with Crippen molar-refractivity contribution in [3.05, 3.63) is 57.5 Å². The Morgan fingerprint density at radius 1 is 1.33 bits per heavy atom. The molecule has 21 heavy (non-hydrogen) atoms. The standard InChI is InChI=1S/C14H11NO5S/c1-19-14-8-10(9-21-14)2-7-13(16)20-12-5-3-11(4-6-12)15(17)18/h2-9H,1H3/b7-2+. The molecule has 1 aromatic heterocycles. The lowest BCUT2D eigenvalue weighted by atomic mass is 10.3. The Morgan fingerprint density at radius 2 is 2.05 bits per heavy atom. The number of hydrogen-bond donors (Lipinski definition) is 0. The van der Waals surface area contributed by atoms with Crippen molar-refractivity contribution in [3.63, 3.8) is 0 Å². The maximum Gasteiger partial charge on any atom is 0.336 e. The number of rotatable bonds is 5. The zero-order valence-electron chi connectivity index (χ0n) is 11.0. The highest BCUT2D eigenvalue weighted by Gasteiger charge is 2.06. The van der Waals surface area contributed by atoms with Crippen LogP contribution in [0.5, 0.6) is 10.8 Å². The molecule has 0 unspecified atom stereocenters. The quantitative estimate of drug-likeness (QED) is 0.278. The largest absolute Gasteiger partial charge is 0.487 e. The Kier molecular flexibility index (Phi) is 4.68. The lowest BCUT2D eigenvalue weighted by Crippen LogP contribution is -2.03. The number of thiophene rings is 1. The topological polar surface area (TPSA) is 78.7 Å². The van der Waals surface area contributed by atoms with Crippen molar-refractivity contribution in [2.75, 3.05) is 7.11 Å². The molecule has 6 nitrogen and oxygen atoms in total. The highest BCUT2D eigenvalue weighted by atomic mass is 32.1. The van der Waals surface area contributed by atoms with Gasteiger partial charge in [-0.1, -0.05) is 0 Å². The van der Waals surface area contributed by atoms with E-state index in [1.807, 2.05) is 5.38 Å². The maximum absolute atomic E-state index is 11.6. The van der Waals surface area contributed by atoms with Gasteiger partial charge in [0.15, 0.2) is 5.06 Å². The van der Waals surface area contributed by atoms with Gasteiger partial charge < -0.3 is 9.47 Å². The van der Waals surface area contributed by atoms with Gasteiger partial charge in [-0.05, 0) is 29.8 Å². The first-order chi connectivity index (χ1) is 10.1. The summed E-state index contributed by atoms with van der Waals surface area (Å²) >= 11 is 1.42. The Hall–Kier alpha value is -2.67. The van der Waals surface area contributed by atoms with Crippen LogP contribution in [0, 0.1) is 10.1 Å². The summed E-state index contributed by atoms with van der Waals surface area (Å²) in [5.41, 5.74) is 0.771. The van der Waals surface area contributed by atoms with Gasteiger partial charge in [0.1, 0.15) is 5.75 Å². The van der Waals surface area contributed by atoms with Crippen molar-refractivity contribution >= 4 is 29.1 Å². The number of nitro benzene ring substituents is 1. The molecule has 1 aromatic carbocycles. The van der Waals surface area contributed by atoms with Gasteiger partial charge in [-0.3, -0.25) is 10.1 Å². The van der Waals surface area contributed by atoms with Crippen molar-refractivity contribution in [1.29, 1.82) is 0 Å². The van der Waals surface area contributed by atoms with E-state index in [1.165, 1.54) is 41.7 Å². The molecule has 0 radical (unpaired) electrons. The van der Waals surface area contributed by atoms with Crippen molar-refractivity contribution < 1.29 is 19.2 Å². The third kappa shape index (κ3) is 4.15. The van der Waals surface area contributed by atoms with E-state index in [0.717, 1.165) is 10.6 Å². The number of carbonyl (C=O) groups is 1. The third-order valence-electron chi connectivity index (χ3n) is 2.47. The summed E-state index contributed by atoms with van der Waals surface area (Å²) in [4.78, 5) is 21.6. The fraction of sp³-hybridized carbons (Fsp3) is 0.0714. The minimum Gasteiger partial charge on any atom is -0.487 e. The first kappa shape index (κ1) is 14.7. The molecule has 0 amide bonds. The zero-order valence-corrected chi connectivity index (χ0v) is 11.8. The molecule has 0 bridgehead atoms. The molecule has 1 heterocycles. The molecule has 2 rings (SSSR count). The maximum atomic E-state index is 11.6. The average molecular weight is 305 g/mol. The SMILES string of the molecule is COc1cc(/C=C/C(=O)Oc2ccc([N+](=O)[O-])cc2)cs1. The minimum absolute atomic E-state index is 0.0595. The van der Waals surface area contributed by atoms with Gasteiger partial charge in [-0.15, -0.1) is 11.3 Å². The highest BCUT2D eigenvalue weighted by Crippen LogP contribution is 2.23. The van der Waals surface area contributed by atoms with Crippen molar-refractivity contribution in [1.82, 2.24) is 0 Å². The van der Waals surface area contributed by atoms with Crippen LogP contribution in [0.25, 0.3) is 6.08 Å². The van der Waals surface area contributed by atoms with E-state index in [1.54, 1.807) is 19.3 Å². The summed E-state index contributed by atoms with van der Waals surface area (Å²) in [5.74, 6) is -0.313. The first-order valence-electron chi connectivity index (χ1n) is 5.85. The summed E-state index contributed by atoms with van der Waals surface area (Å²) in [6.45, 7) is 0. The average Bonchev–Trinajstić information content (AvgIpc) is 2.94. The van der Waals surface area contributed by atoms with E-state index < -0.39 is 10.9 Å². The molecule has 0 saturated carbocycles. The number of nitrogens with zero attached hydrogens (tertiary/aromatic N) is 1. The number of hydrogen-bond acceptors (Lipinski definition) is 6. The molecule has 108 valence electrons. The van der Waals surface area contributed by atoms with E-state index in [4.69, 9.17) is 9.47 Å². The monoisotopic (exact) mass is 305 g/mol. The Morgan fingerprint density at radius 3 is 2.62 bits per heavy atom. The number of benzene rings is 1. The van der Waals surface area contributed by atoms with E-state index in [9.17, 15) is 14.9 Å². The van der Waals surface area contributed by atoms with Gasteiger partial charge in [0.05, 0.1) is 12.0 Å². The highest BCUT2D eigenvalue weighted by molar-refractivity contribution is 7.12. The summed E-state index contributed by atoms with van der Waals surface area (Å²) in [6, 6.07) is 7.08. The molecule has 0 saturated heterocycles. The van der Waals surface area contributed by atoms with Gasteiger partial charge >= 0.3 is 5.97 Å². The summed E-state index contributed by atoms with van der Waals surface area (Å²) < 4.78 is 10.1. The van der Waals surface area contributed by atoms with Crippen LogP contribution in [0.2, 0.25) is 0 Å². The molecule has 0 atom stereocenters. The van der Waals surface area contributed by atoms with E-state index in [0.29, 0.717) is 0 Å². The molecule has 0 aliphatic heterocycles. The summed E-state index contributed by atoms with van der Waals surface area (Å²) in [7, 11) is 1.57. The minimum atomic E-state index is -0.561. The van der Waals surface area contributed by atoms with Crippen LogP contribution in [-0.2, 0) is 4.79 Å². The van der Waals surface area contributed by atoms with Crippen LogP contribution in [0.15, 0.2) is 41.8 Å². The van der Waals surface area contributed by atoms with Gasteiger partial charge in [0.25, 0.3) is 5.69 Å². The molecule has 0 N–H and O–H groups in total. The normalized spacial score (nSPS) is 10.5. The number of carbonyl (C=O) groups excluding carboxylic acids is 1. The summed E-state index contributed by atoms with van der Waals surface area (Å²) in [6.07, 6.45) is 2.88. The molecular formula is C14H11NO5S. The Labute approximate surface area is 124 Å². The molecular weight excluding hydrogens is 294 g/mol. The van der Waals surface area contributed by atoms with Crippen LogP contribution in [-0.4, -0.2) is 18.0 Å².